The lowest BCUT2D eigenvalue weighted by atomic mass is 9.94. The number of benzene rings is 2. The minimum absolute atomic E-state index is 0.0375. The predicted molar refractivity (Wildman–Crippen MR) is 127 cm³/mol. The molecule has 34 heavy (non-hydrogen) atoms. The maximum atomic E-state index is 13.9. The lowest BCUT2D eigenvalue weighted by molar-refractivity contribution is -0.121. The van der Waals surface area contributed by atoms with Gasteiger partial charge in [0, 0.05) is 37.3 Å². The highest BCUT2D eigenvalue weighted by molar-refractivity contribution is 5.79. The fourth-order valence-electron chi connectivity index (χ4n) is 5.40. The predicted octanol–water partition coefficient (Wildman–Crippen LogP) is 4.46. The van der Waals surface area contributed by atoms with Crippen LogP contribution in [-0.4, -0.2) is 49.3 Å². The van der Waals surface area contributed by atoms with E-state index in [-0.39, 0.29) is 23.9 Å². The quantitative estimate of drug-likeness (QED) is 0.548. The van der Waals surface area contributed by atoms with E-state index in [9.17, 15) is 13.6 Å². The average Bonchev–Trinajstić information content (AvgIpc) is 3.03. The van der Waals surface area contributed by atoms with Crippen LogP contribution in [0, 0.1) is 25.5 Å². The molecule has 2 fully saturated rings. The molecular weight excluding hydrogens is 438 g/mol. The number of nitrogens with one attached hydrogen (secondary N) is 1. The van der Waals surface area contributed by atoms with E-state index < -0.39 is 11.6 Å². The van der Waals surface area contributed by atoms with Gasteiger partial charge in [0.15, 0.2) is 0 Å². The fourth-order valence-corrected chi connectivity index (χ4v) is 5.40. The van der Waals surface area contributed by atoms with Gasteiger partial charge in [-0.25, -0.2) is 8.78 Å². The molecule has 184 valence electrons. The number of ether oxygens (including phenoxy) is 2. The molecule has 1 amide bonds. The van der Waals surface area contributed by atoms with Crippen molar-refractivity contribution in [2.45, 2.75) is 70.6 Å². The summed E-state index contributed by atoms with van der Waals surface area (Å²) in [6.45, 7) is 6.20. The molecule has 0 radical (unpaired) electrons. The lowest BCUT2D eigenvalue weighted by Crippen LogP contribution is -2.50. The van der Waals surface area contributed by atoms with Gasteiger partial charge in [-0.15, -0.1) is 0 Å². The summed E-state index contributed by atoms with van der Waals surface area (Å²) in [5, 5.41) is 3.03. The van der Waals surface area contributed by atoms with Crippen molar-refractivity contribution in [3.05, 3.63) is 64.2 Å². The molecule has 2 heterocycles. The number of nitrogens with zero attached hydrogens (tertiary/aromatic N) is 1. The van der Waals surface area contributed by atoms with Crippen LogP contribution in [0.3, 0.4) is 0 Å². The number of carbonyl (C=O) groups excluding carboxylic acids is 1. The molecule has 2 aliphatic rings. The van der Waals surface area contributed by atoms with Crippen LogP contribution in [0.1, 0.15) is 47.9 Å². The van der Waals surface area contributed by atoms with Crippen molar-refractivity contribution in [3.8, 4) is 5.75 Å². The molecule has 2 unspecified atom stereocenters. The first-order valence-electron chi connectivity index (χ1n) is 12.1. The molecule has 2 aliphatic heterocycles. The number of fused-ring (bicyclic) bond motifs is 2. The van der Waals surface area contributed by atoms with Crippen molar-refractivity contribution in [1.29, 1.82) is 0 Å². The molecule has 2 bridgehead atoms. The Morgan fingerprint density at radius 1 is 1.03 bits per heavy atom. The third-order valence-corrected chi connectivity index (χ3v) is 7.40. The zero-order valence-corrected chi connectivity index (χ0v) is 20.2. The van der Waals surface area contributed by atoms with Gasteiger partial charge in [-0.1, -0.05) is 12.1 Å². The van der Waals surface area contributed by atoms with Crippen LogP contribution in [0.15, 0.2) is 30.3 Å². The average molecular weight is 473 g/mol. The summed E-state index contributed by atoms with van der Waals surface area (Å²) in [6.07, 6.45) is 3.66. The SMILES string of the molecule is COCCOc1ccc(CN2C3CCC2CC(NC(=O)Cc2c(F)cccc2F)C3)c(C)c1C. The van der Waals surface area contributed by atoms with Gasteiger partial charge in [-0.3, -0.25) is 9.69 Å². The summed E-state index contributed by atoms with van der Waals surface area (Å²) in [5.74, 6) is -0.775. The Labute approximate surface area is 200 Å². The molecule has 0 spiro atoms. The van der Waals surface area contributed by atoms with E-state index >= 15 is 0 Å². The second-order valence-electron chi connectivity index (χ2n) is 9.48. The van der Waals surface area contributed by atoms with Crippen molar-refractivity contribution in [3.63, 3.8) is 0 Å². The molecule has 0 aliphatic carbocycles. The van der Waals surface area contributed by atoms with Gasteiger partial charge in [0.1, 0.15) is 24.0 Å². The molecule has 2 aromatic carbocycles. The number of amides is 1. The van der Waals surface area contributed by atoms with E-state index in [4.69, 9.17) is 9.47 Å². The standard InChI is InChI=1S/C27H34F2N2O3/c1-17-18(2)26(34-12-11-33-3)10-7-19(17)16-31-21-8-9-22(31)14-20(13-21)30-27(32)15-23-24(28)5-4-6-25(23)29/h4-7,10,20-22H,8-9,11-16H2,1-3H3,(H,30,32). The topological polar surface area (TPSA) is 50.8 Å². The maximum Gasteiger partial charge on any atom is 0.224 e. The highest BCUT2D eigenvalue weighted by Gasteiger charge is 2.41. The smallest absolute Gasteiger partial charge is 0.224 e. The molecular formula is C27H34F2N2O3. The van der Waals surface area contributed by atoms with E-state index in [1.165, 1.54) is 29.3 Å². The number of piperidine rings is 1. The summed E-state index contributed by atoms with van der Waals surface area (Å²) in [5.41, 5.74) is 3.53. The third kappa shape index (κ3) is 5.41. The van der Waals surface area contributed by atoms with Crippen molar-refractivity contribution >= 4 is 5.91 Å². The minimum Gasteiger partial charge on any atom is -0.491 e. The van der Waals surface area contributed by atoms with Crippen molar-refractivity contribution in [2.24, 2.45) is 0 Å². The highest BCUT2D eigenvalue weighted by atomic mass is 19.1. The lowest BCUT2D eigenvalue weighted by Gasteiger charge is -2.39. The number of hydrogen-bond donors (Lipinski definition) is 1. The number of methoxy groups -OCH3 is 1. The molecule has 1 N–H and O–H groups in total. The van der Waals surface area contributed by atoms with Gasteiger partial charge in [0.25, 0.3) is 0 Å². The van der Waals surface area contributed by atoms with E-state index in [0.29, 0.717) is 25.3 Å². The molecule has 0 aromatic heterocycles. The van der Waals surface area contributed by atoms with Gasteiger partial charge in [-0.05, 0) is 74.4 Å². The summed E-state index contributed by atoms with van der Waals surface area (Å²) >= 11 is 0. The number of halogens is 2. The second-order valence-corrected chi connectivity index (χ2v) is 9.48. The molecule has 0 saturated carbocycles. The van der Waals surface area contributed by atoms with Gasteiger partial charge in [-0.2, -0.15) is 0 Å². The Morgan fingerprint density at radius 2 is 1.71 bits per heavy atom. The summed E-state index contributed by atoms with van der Waals surface area (Å²) in [4.78, 5) is 15.1. The monoisotopic (exact) mass is 472 g/mol. The Balaban J connectivity index is 1.35. The van der Waals surface area contributed by atoms with Crippen LogP contribution < -0.4 is 10.1 Å². The first kappa shape index (κ1) is 24.6. The zero-order chi connectivity index (χ0) is 24.2. The Bertz CT molecular complexity index is 995. The van der Waals surface area contributed by atoms with Crippen LogP contribution >= 0.6 is 0 Å². The van der Waals surface area contributed by atoms with E-state index in [2.05, 4.69) is 30.1 Å². The van der Waals surface area contributed by atoms with Crippen molar-refractivity contribution in [1.82, 2.24) is 10.2 Å². The van der Waals surface area contributed by atoms with Gasteiger partial charge < -0.3 is 14.8 Å². The largest absolute Gasteiger partial charge is 0.491 e. The van der Waals surface area contributed by atoms with Gasteiger partial charge >= 0.3 is 0 Å². The number of hydrogen-bond acceptors (Lipinski definition) is 4. The van der Waals surface area contributed by atoms with E-state index in [1.807, 2.05) is 6.07 Å². The Hall–Kier alpha value is -2.51. The minimum atomic E-state index is -0.675. The van der Waals surface area contributed by atoms with Crippen molar-refractivity contribution < 1.29 is 23.0 Å². The van der Waals surface area contributed by atoms with Crippen molar-refractivity contribution in [2.75, 3.05) is 20.3 Å². The third-order valence-electron chi connectivity index (χ3n) is 7.40. The van der Waals surface area contributed by atoms with Crippen LogP contribution in [-0.2, 0) is 22.5 Å². The van der Waals surface area contributed by atoms with Gasteiger partial charge in [0.05, 0.1) is 13.0 Å². The van der Waals surface area contributed by atoms with E-state index in [0.717, 1.165) is 43.5 Å². The Morgan fingerprint density at radius 3 is 2.35 bits per heavy atom. The fraction of sp³-hybridized carbons (Fsp3) is 0.519. The second kappa shape index (κ2) is 10.8. The molecule has 5 nitrogen and oxygen atoms in total. The molecule has 2 aromatic rings. The summed E-state index contributed by atoms with van der Waals surface area (Å²) in [7, 11) is 1.66. The highest BCUT2D eigenvalue weighted by Crippen LogP contribution is 2.38. The molecule has 4 rings (SSSR count). The van der Waals surface area contributed by atoms with E-state index in [1.54, 1.807) is 7.11 Å². The molecule has 7 heteroatoms. The van der Waals surface area contributed by atoms with Crippen LogP contribution in [0.5, 0.6) is 5.75 Å². The van der Waals surface area contributed by atoms with Crippen LogP contribution in [0.25, 0.3) is 0 Å². The maximum absolute atomic E-state index is 13.9. The van der Waals surface area contributed by atoms with Gasteiger partial charge in [0.2, 0.25) is 5.91 Å². The number of rotatable bonds is 9. The normalized spacial score (nSPS) is 22.1. The first-order valence-corrected chi connectivity index (χ1v) is 12.1. The Kier molecular flexibility index (Phi) is 7.84. The van der Waals surface area contributed by atoms with Crippen LogP contribution in [0.4, 0.5) is 8.78 Å². The zero-order valence-electron chi connectivity index (χ0n) is 20.2. The van der Waals surface area contributed by atoms with Crippen LogP contribution in [0.2, 0.25) is 0 Å². The summed E-state index contributed by atoms with van der Waals surface area (Å²) < 4.78 is 38.7. The summed E-state index contributed by atoms with van der Waals surface area (Å²) in [6, 6.07) is 8.71. The molecule has 2 saturated heterocycles. The number of carbonyl (C=O) groups is 1. The first-order chi connectivity index (χ1) is 16.4. The molecule has 2 atom stereocenters.